The van der Waals surface area contributed by atoms with Gasteiger partial charge in [0.15, 0.2) is 0 Å². The molecule has 0 spiro atoms. The van der Waals surface area contributed by atoms with Crippen LogP contribution in [0.1, 0.15) is 17.3 Å². The van der Waals surface area contributed by atoms with Gasteiger partial charge in [0.05, 0.1) is 6.04 Å². The molecule has 0 bridgehead atoms. The summed E-state index contributed by atoms with van der Waals surface area (Å²) < 4.78 is 0. The lowest BCUT2D eigenvalue weighted by Crippen LogP contribution is -2.26. The Hall–Kier alpha value is -1.19. The zero-order valence-corrected chi connectivity index (χ0v) is 7.12. The number of nitrogens with zero attached hydrogens (tertiary/aromatic N) is 1. The third kappa shape index (κ3) is 1.90. The molecule has 1 rings (SSSR count). The smallest absolute Gasteiger partial charge is 0.0639 e. The molecule has 0 saturated carbocycles. The van der Waals surface area contributed by atoms with Gasteiger partial charge in [-0.1, -0.05) is 6.08 Å². The zero-order chi connectivity index (χ0) is 8.97. The van der Waals surface area contributed by atoms with Crippen molar-refractivity contribution in [3.63, 3.8) is 0 Å². The molecule has 0 aliphatic heterocycles. The van der Waals surface area contributed by atoms with E-state index in [9.17, 15) is 0 Å². The fraction of sp³-hybridized carbons (Fsp3) is 0.222. The average Bonchev–Trinajstić information content (AvgIpc) is 2.07. The molecular formula is C9H13N3. The molecule has 1 heterocycles. The summed E-state index contributed by atoms with van der Waals surface area (Å²) in [6, 6.07) is 3.90. The molecule has 1 aromatic heterocycles. The Kier molecular flexibility index (Phi) is 2.96. The first-order valence-corrected chi connectivity index (χ1v) is 3.79. The molecule has 0 aromatic carbocycles. The first kappa shape index (κ1) is 8.90. The summed E-state index contributed by atoms with van der Waals surface area (Å²) in [6.07, 6.45) is 3.52. The summed E-state index contributed by atoms with van der Waals surface area (Å²) in [5, 5.41) is 0. The second-order valence-electron chi connectivity index (χ2n) is 2.61. The predicted octanol–water partition coefficient (Wildman–Crippen LogP) is 1.08. The Labute approximate surface area is 72.3 Å². The molecule has 64 valence electrons. The molecule has 0 radical (unpaired) electrons. The van der Waals surface area contributed by atoms with E-state index in [0.717, 1.165) is 11.3 Å². The summed E-state index contributed by atoms with van der Waals surface area (Å²) in [5.41, 5.74) is 4.71. The van der Waals surface area contributed by atoms with Crippen LogP contribution in [0, 0.1) is 6.92 Å². The lowest BCUT2D eigenvalue weighted by molar-refractivity contribution is 0.655. The van der Waals surface area contributed by atoms with E-state index < -0.39 is 0 Å². The minimum absolute atomic E-state index is 0.00620. The Morgan fingerprint density at radius 2 is 2.50 bits per heavy atom. The molecular weight excluding hydrogens is 150 g/mol. The van der Waals surface area contributed by atoms with Gasteiger partial charge in [-0.25, -0.2) is 5.43 Å². The van der Waals surface area contributed by atoms with E-state index in [4.69, 9.17) is 5.84 Å². The van der Waals surface area contributed by atoms with Gasteiger partial charge >= 0.3 is 0 Å². The number of hydrazine groups is 1. The van der Waals surface area contributed by atoms with Crippen LogP contribution in [0.4, 0.5) is 0 Å². The van der Waals surface area contributed by atoms with Crippen molar-refractivity contribution in [2.45, 2.75) is 13.0 Å². The molecule has 12 heavy (non-hydrogen) atoms. The number of aryl methyl sites for hydroxylation is 1. The fourth-order valence-electron chi connectivity index (χ4n) is 1.06. The van der Waals surface area contributed by atoms with E-state index in [1.807, 2.05) is 19.1 Å². The van der Waals surface area contributed by atoms with Gasteiger partial charge in [0.1, 0.15) is 0 Å². The van der Waals surface area contributed by atoms with Crippen LogP contribution in [0.15, 0.2) is 31.0 Å². The normalized spacial score (nSPS) is 12.5. The van der Waals surface area contributed by atoms with Crippen LogP contribution in [0.5, 0.6) is 0 Å². The molecule has 1 atom stereocenters. The Balaban J connectivity index is 2.93. The molecule has 0 saturated heterocycles. The van der Waals surface area contributed by atoms with Gasteiger partial charge in [0, 0.05) is 11.9 Å². The van der Waals surface area contributed by atoms with Crippen molar-refractivity contribution in [2.75, 3.05) is 0 Å². The first-order chi connectivity index (χ1) is 5.77. The minimum Gasteiger partial charge on any atom is -0.271 e. The highest BCUT2D eigenvalue weighted by molar-refractivity contribution is 5.22. The summed E-state index contributed by atoms with van der Waals surface area (Å²) in [7, 11) is 0. The maximum atomic E-state index is 5.32. The van der Waals surface area contributed by atoms with E-state index in [0.29, 0.717) is 0 Å². The number of hydrogen-bond donors (Lipinski definition) is 2. The van der Waals surface area contributed by atoms with Crippen molar-refractivity contribution in [1.82, 2.24) is 10.4 Å². The van der Waals surface area contributed by atoms with Crippen LogP contribution >= 0.6 is 0 Å². The van der Waals surface area contributed by atoms with Gasteiger partial charge in [-0.05, 0) is 24.6 Å². The van der Waals surface area contributed by atoms with Crippen LogP contribution in [-0.2, 0) is 0 Å². The van der Waals surface area contributed by atoms with Crippen LogP contribution in [0.25, 0.3) is 0 Å². The highest BCUT2D eigenvalue weighted by Crippen LogP contribution is 2.12. The van der Waals surface area contributed by atoms with Crippen molar-refractivity contribution < 1.29 is 0 Å². The Bertz CT molecular complexity index is 270. The van der Waals surface area contributed by atoms with Gasteiger partial charge < -0.3 is 0 Å². The maximum absolute atomic E-state index is 5.32. The van der Waals surface area contributed by atoms with Gasteiger partial charge in [-0.3, -0.25) is 10.8 Å². The third-order valence-corrected chi connectivity index (χ3v) is 1.70. The van der Waals surface area contributed by atoms with Crippen LogP contribution in [0.3, 0.4) is 0 Å². The summed E-state index contributed by atoms with van der Waals surface area (Å²) in [4.78, 5) is 4.09. The molecule has 0 aliphatic carbocycles. The van der Waals surface area contributed by atoms with E-state index in [1.165, 1.54) is 0 Å². The lowest BCUT2D eigenvalue weighted by atomic mass is 10.1. The van der Waals surface area contributed by atoms with Crippen molar-refractivity contribution in [3.8, 4) is 0 Å². The summed E-state index contributed by atoms with van der Waals surface area (Å²) in [5.74, 6) is 5.32. The fourth-order valence-corrected chi connectivity index (χ4v) is 1.06. The highest BCUT2D eigenvalue weighted by Gasteiger charge is 2.03. The lowest BCUT2D eigenvalue weighted by Gasteiger charge is -2.10. The van der Waals surface area contributed by atoms with Crippen LogP contribution in [-0.4, -0.2) is 4.98 Å². The average molecular weight is 163 g/mol. The zero-order valence-electron chi connectivity index (χ0n) is 7.12. The number of pyridine rings is 1. The number of aromatic nitrogens is 1. The van der Waals surface area contributed by atoms with Crippen molar-refractivity contribution >= 4 is 0 Å². The largest absolute Gasteiger partial charge is 0.271 e. The molecule has 1 aromatic rings. The number of nitrogens with one attached hydrogen (secondary N) is 1. The monoisotopic (exact) mass is 163 g/mol. The second kappa shape index (κ2) is 3.99. The molecule has 3 heteroatoms. The van der Waals surface area contributed by atoms with E-state index >= 15 is 0 Å². The van der Waals surface area contributed by atoms with E-state index in [-0.39, 0.29) is 6.04 Å². The van der Waals surface area contributed by atoms with Gasteiger partial charge in [-0.15, -0.1) is 6.58 Å². The van der Waals surface area contributed by atoms with Gasteiger partial charge in [0.2, 0.25) is 0 Å². The number of nitrogens with two attached hydrogens (primary N) is 1. The molecule has 3 nitrogen and oxygen atoms in total. The summed E-state index contributed by atoms with van der Waals surface area (Å²) >= 11 is 0. The molecule has 3 N–H and O–H groups in total. The van der Waals surface area contributed by atoms with Crippen LogP contribution < -0.4 is 11.3 Å². The van der Waals surface area contributed by atoms with E-state index in [2.05, 4.69) is 17.0 Å². The van der Waals surface area contributed by atoms with E-state index in [1.54, 1.807) is 12.3 Å². The molecule has 1 unspecified atom stereocenters. The van der Waals surface area contributed by atoms with Crippen molar-refractivity contribution in [2.24, 2.45) is 5.84 Å². The number of rotatable bonds is 3. The molecule has 0 aliphatic rings. The van der Waals surface area contributed by atoms with Crippen molar-refractivity contribution in [1.29, 1.82) is 0 Å². The van der Waals surface area contributed by atoms with Gasteiger partial charge in [0.25, 0.3) is 0 Å². The molecule has 0 amide bonds. The molecule has 0 fully saturated rings. The third-order valence-electron chi connectivity index (χ3n) is 1.70. The first-order valence-electron chi connectivity index (χ1n) is 3.79. The second-order valence-corrected chi connectivity index (χ2v) is 2.61. The quantitative estimate of drug-likeness (QED) is 0.398. The highest BCUT2D eigenvalue weighted by atomic mass is 15.2. The van der Waals surface area contributed by atoms with Crippen LogP contribution in [0.2, 0.25) is 0 Å². The van der Waals surface area contributed by atoms with Crippen molar-refractivity contribution in [3.05, 3.63) is 42.2 Å². The maximum Gasteiger partial charge on any atom is 0.0639 e. The standard InChI is InChI=1S/C9H13N3/c1-3-9(12-10)8-4-5-11-7(2)6-8/h3-6,9,12H,1,10H2,2H3. The Morgan fingerprint density at radius 1 is 1.75 bits per heavy atom. The van der Waals surface area contributed by atoms with Gasteiger partial charge in [-0.2, -0.15) is 0 Å². The SMILES string of the molecule is C=CC(NN)c1ccnc(C)c1. The topological polar surface area (TPSA) is 50.9 Å². The number of hydrogen-bond acceptors (Lipinski definition) is 3. The minimum atomic E-state index is 0.00620. The Morgan fingerprint density at radius 3 is 3.00 bits per heavy atom. The summed E-state index contributed by atoms with van der Waals surface area (Å²) in [6.45, 7) is 5.62. The predicted molar refractivity (Wildman–Crippen MR) is 49.2 cm³/mol.